The highest BCUT2D eigenvalue weighted by Crippen LogP contribution is 2.34. The molecule has 0 bridgehead atoms. The van der Waals surface area contributed by atoms with Crippen molar-refractivity contribution in [2.45, 2.75) is 25.9 Å². The first-order chi connectivity index (χ1) is 17.4. The van der Waals surface area contributed by atoms with Crippen molar-refractivity contribution in [3.05, 3.63) is 75.6 Å². The third-order valence-electron chi connectivity index (χ3n) is 6.23. The number of carbonyl (C=O) groups excluding carboxylic acids is 1. The van der Waals surface area contributed by atoms with Gasteiger partial charge in [0.25, 0.3) is 11.5 Å². The highest BCUT2D eigenvalue weighted by atomic mass is 19.1. The molecule has 1 amide bonds. The van der Waals surface area contributed by atoms with Crippen LogP contribution in [0.1, 0.15) is 41.0 Å². The number of para-hydroxylation sites is 1. The van der Waals surface area contributed by atoms with Gasteiger partial charge in [-0.3, -0.25) is 14.2 Å². The van der Waals surface area contributed by atoms with Gasteiger partial charge in [-0.05, 0) is 37.1 Å². The minimum atomic E-state index is -0.792. The van der Waals surface area contributed by atoms with Crippen molar-refractivity contribution in [1.29, 1.82) is 0 Å². The van der Waals surface area contributed by atoms with Crippen LogP contribution in [0.5, 0.6) is 17.4 Å². The van der Waals surface area contributed by atoms with E-state index in [0.29, 0.717) is 36.6 Å². The molecule has 2 aromatic carbocycles. The topological polar surface area (TPSA) is 103 Å². The average Bonchev–Trinajstić information content (AvgIpc) is 3.37. The van der Waals surface area contributed by atoms with E-state index in [-0.39, 0.29) is 36.4 Å². The summed E-state index contributed by atoms with van der Waals surface area (Å²) in [7, 11) is 2.89. The smallest absolute Gasteiger partial charge is 0.275 e. The number of likely N-dealkylation sites (tertiary alicyclic amines) is 1. The first-order valence-electron chi connectivity index (χ1n) is 11.6. The standard InChI is InChI=1S/C26H28FN3O6/c1-4-36-15-21-28-24(31)22(26(33)30(21)23-19(34-2)10-7-11-20(23)35-3)25(32)29-13-12-16(14-29)17-8-5-6-9-18(17)27/h5-11,16,31H,4,12-15H2,1-3H3. The summed E-state index contributed by atoms with van der Waals surface area (Å²) in [5.41, 5.74) is -0.537. The zero-order chi connectivity index (χ0) is 25.8. The van der Waals surface area contributed by atoms with E-state index in [4.69, 9.17) is 14.2 Å². The highest BCUT2D eigenvalue weighted by molar-refractivity contribution is 5.96. The number of rotatable bonds is 8. The number of methoxy groups -OCH3 is 2. The fourth-order valence-electron chi connectivity index (χ4n) is 4.48. The third kappa shape index (κ3) is 4.64. The second-order valence-corrected chi connectivity index (χ2v) is 8.27. The Labute approximate surface area is 207 Å². The Hall–Kier alpha value is -3.92. The number of hydrogen-bond donors (Lipinski definition) is 1. The Kier molecular flexibility index (Phi) is 7.54. The van der Waals surface area contributed by atoms with Crippen LogP contribution in [0.4, 0.5) is 4.39 Å². The Morgan fingerprint density at radius 1 is 1.14 bits per heavy atom. The Bertz CT molecular complexity index is 1300. The molecule has 0 spiro atoms. The zero-order valence-electron chi connectivity index (χ0n) is 20.4. The summed E-state index contributed by atoms with van der Waals surface area (Å²) in [6, 6.07) is 11.4. The van der Waals surface area contributed by atoms with Crippen molar-refractivity contribution in [2.75, 3.05) is 33.9 Å². The van der Waals surface area contributed by atoms with E-state index in [2.05, 4.69) is 4.98 Å². The second-order valence-electron chi connectivity index (χ2n) is 8.27. The molecule has 3 aromatic rings. The third-order valence-corrected chi connectivity index (χ3v) is 6.23. The van der Waals surface area contributed by atoms with Gasteiger partial charge in [0.2, 0.25) is 5.88 Å². The van der Waals surface area contributed by atoms with E-state index < -0.39 is 22.9 Å². The number of aromatic nitrogens is 2. The van der Waals surface area contributed by atoms with Crippen LogP contribution < -0.4 is 15.0 Å². The molecule has 190 valence electrons. The fourth-order valence-corrected chi connectivity index (χ4v) is 4.48. The first-order valence-corrected chi connectivity index (χ1v) is 11.6. The predicted molar refractivity (Wildman–Crippen MR) is 130 cm³/mol. The molecule has 1 aliphatic heterocycles. The largest absolute Gasteiger partial charge is 0.494 e. The summed E-state index contributed by atoms with van der Waals surface area (Å²) in [5.74, 6) is -1.26. The van der Waals surface area contributed by atoms with Crippen LogP contribution in [0.15, 0.2) is 47.3 Å². The molecule has 0 saturated carbocycles. The van der Waals surface area contributed by atoms with E-state index >= 15 is 0 Å². The van der Waals surface area contributed by atoms with Crippen LogP contribution in [0.3, 0.4) is 0 Å². The van der Waals surface area contributed by atoms with Crippen LogP contribution in [-0.2, 0) is 11.3 Å². The number of benzene rings is 2. The molecule has 9 nitrogen and oxygen atoms in total. The predicted octanol–water partition coefficient (Wildman–Crippen LogP) is 3.26. The monoisotopic (exact) mass is 497 g/mol. The number of amides is 1. The fraction of sp³-hybridized carbons (Fsp3) is 0.346. The van der Waals surface area contributed by atoms with Gasteiger partial charge in [-0.25, -0.2) is 4.39 Å². The molecule has 1 fully saturated rings. The van der Waals surface area contributed by atoms with Gasteiger partial charge in [0.1, 0.15) is 35.4 Å². The lowest BCUT2D eigenvalue weighted by molar-refractivity contribution is 0.0782. The van der Waals surface area contributed by atoms with E-state index in [1.807, 2.05) is 0 Å². The molecule has 1 unspecified atom stereocenters. The average molecular weight is 498 g/mol. The SMILES string of the molecule is CCOCc1nc(O)c(C(=O)N2CCC(c3ccccc3F)C2)c(=O)n1-c1c(OC)cccc1OC. The molecular formula is C26H28FN3O6. The van der Waals surface area contributed by atoms with Crippen LogP contribution in [0.2, 0.25) is 0 Å². The Balaban J connectivity index is 1.80. The van der Waals surface area contributed by atoms with Crippen LogP contribution in [-0.4, -0.2) is 59.4 Å². The Morgan fingerprint density at radius 3 is 2.47 bits per heavy atom. The number of carbonyl (C=O) groups is 1. The molecule has 0 aliphatic carbocycles. The van der Waals surface area contributed by atoms with Gasteiger partial charge in [-0.15, -0.1) is 0 Å². The normalized spacial score (nSPS) is 15.2. The molecule has 1 saturated heterocycles. The Morgan fingerprint density at radius 2 is 1.83 bits per heavy atom. The second kappa shape index (κ2) is 10.8. The molecule has 1 atom stereocenters. The lowest BCUT2D eigenvalue weighted by Crippen LogP contribution is -2.37. The lowest BCUT2D eigenvalue weighted by Gasteiger charge is -2.21. The molecule has 4 rings (SSSR count). The number of hydrogen-bond acceptors (Lipinski definition) is 7. The lowest BCUT2D eigenvalue weighted by atomic mass is 9.98. The number of ether oxygens (including phenoxy) is 3. The van der Waals surface area contributed by atoms with Gasteiger partial charge in [0.15, 0.2) is 5.56 Å². The molecule has 1 N–H and O–H groups in total. The van der Waals surface area contributed by atoms with Crippen LogP contribution in [0, 0.1) is 5.82 Å². The van der Waals surface area contributed by atoms with Gasteiger partial charge < -0.3 is 24.2 Å². The molecule has 2 heterocycles. The first kappa shape index (κ1) is 25.2. The van der Waals surface area contributed by atoms with Crippen molar-refractivity contribution >= 4 is 5.91 Å². The molecule has 10 heteroatoms. The zero-order valence-corrected chi connectivity index (χ0v) is 20.4. The summed E-state index contributed by atoms with van der Waals surface area (Å²) >= 11 is 0. The summed E-state index contributed by atoms with van der Waals surface area (Å²) in [4.78, 5) is 32.9. The molecule has 1 aromatic heterocycles. The van der Waals surface area contributed by atoms with E-state index in [1.54, 1.807) is 43.3 Å². The van der Waals surface area contributed by atoms with Crippen molar-refractivity contribution in [1.82, 2.24) is 14.5 Å². The minimum absolute atomic E-state index is 0.0735. The van der Waals surface area contributed by atoms with Crippen molar-refractivity contribution in [3.8, 4) is 23.1 Å². The minimum Gasteiger partial charge on any atom is -0.494 e. The van der Waals surface area contributed by atoms with Crippen molar-refractivity contribution < 1.29 is 28.5 Å². The van der Waals surface area contributed by atoms with Gasteiger partial charge >= 0.3 is 0 Å². The van der Waals surface area contributed by atoms with Gasteiger partial charge in [0, 0.05) is 25.6 Å². The molecule has 36 heavy (non-hydrogen) atoms. The van der Waals surface area contributed by atoms with Crippen molar-refractivity contribution in [2.24, 2.45) is 0 Å². The van der Waals surface area contributed by atoms with E-state index in [1.165, 1.54) is 29.8 Å². The quantitative estimate of drug-likeness (QED) is 0.510. The van der Waals surface area contributed by atoms with Crippen molar-refractivity contribution in [3.63, 3.8) is 0 Å². The van der Waals surface area contributed by atoms with Crippen LogP contribution in [0.25, 0.3) is 5.69 Å². The summed E-state index contributed by atoms with van der Waals surface area (Å²) in [6.45, 7) is 2.52. The molecule has 0 radical (unpaired) electrons. The highest BCUT2D eigenvalue weighted by Gasteiger charge is 2.34. The molecule has 1 aliphatic rings. The summed E-state index contributed by atoms with van der Waals surface area (Å²) < 4.78 is 31.9. The maximum absolute atomic E-state index is 14.3. The molecular weight excluding hydrogens is 469 g/mol. The summed E-state index contributed by atoms with van der Waals surface area (Å²) in [5, 5.41) is 10.7. The maximum Gasteiger partial charge on any atom is 0.275 e. The van der Waals surface area contributed by atoms with E-state index in [0.717, 1.165) is 0 Å². The number of aromatic hydroxyl groups is 1. The van der Waals surface area contributed by atoms with Crippen LogP contribution >= 0.6 is 0 Å². The summed E-state index contributed by atoms with van der Waals surface area (Å²) in [6.07, 6.45) is 0.526. The number of nitrogens with zero attached hydrogens (tertiary/aromatic N) is 3. The maximum atomic E-state index is 14.3. The van der Waals surface area contributed by atoms with E-state index in [9.17, 15) is 19.1 Å². The van der Waals surface area contributed by atoms with Gasteiger partial charge in [0.05, 0.1) is 14.2 Å². The van der Waals surface area contributed by atoms with Gasteiger partial charge in [-0.1, -0.05) is 24.3 Å². The van der Waals surface area contributed by atoms with Gasteiger partial charge in [-0.2, -0.15) is 4.98 Å². The number of halogens is 1.